The van der Waals surface area contributed by atoms with Crippen molar-refractivity contribution in [1.29, 1.82) is 0 Å². The molecule has 0 aromatic carbocycles. The van der Waals surface area contributed by atoms with Crippen molar-refractivity contribution in [3.8, 4) is 0 Å². The van der Waals surface area contributed by atoms with E-state index in [1.165, 1.54) is 13.8 Å². The number of nitrogens with two attached hydrogens (primary N) is 1. The van der Waals surface area contributed by atoms with E-state index in [4.69, 9.17) is 5.73 Å². The minimum Gasteiger partial charge on any atom is -0.339 e. The van der Waals surface area contributed by atoms with E-state index in [0.29, 0.717) is 25.7 Å². The van der Waals surface area contributed by atoms with Crippen molar-refractivity contribution in [2.45, 2.75) is 31.6 Å². The van der Waals surface area contributed by atoms with Gasteiger partial charge in [-0.2, -0.15) is 0 Å². The molecule has 0 aromatic heterocycles. The zero-order valence-corrected chi connectivity index (χ0v) is 13.0. The maximum absolute atomic E-state index is 12.3. The SMILES string of the molecule is CC(CN)N1CCN(C(=O)C(C)(C)S(C)(=O)=O)CC1. The van der Waals surface area contributed by atoms with E-state index in [9.17, 15) is 13.2 Å². The van der Waals surface area contributed by atoms with Gasteiger partial charge in [0.1, 0.15) is 4.75 Å². The van der Waals surface area contributed by atoms with Gasteiger partial charge in [-0.1, -0.05) is 0 Å². The summed E-state index contributed by atoms with van der Waals surface area (Å²) in [5.74, 6) is -0.310. The third-order valence-corrected chi connectivity index (χ3v) is 6.04. The van der Waals surface area contributed by atoms with Crippen LogP contribution in [0.3, 0.4) is 0 Å². The summed E-state index contributed by atoms with van der Waals surface area (Å²) in [5, 5.41) is 0. The molecule has 1 unspecified atom stereocenters. The highest BCUT2D eigenvalue weighted by molar-refractivity contribution is 7.92. The highest BCUT2D eigenvalue weighted by Crippen LogP contribution is 2.20. The van der Waals surface area contributed by atoms with Crippen LogP contribution in [0.5, 0.6) is 0 Å². The van der Waals surface area contributed by atoms with Crippen LogP contribution >= 0.6 is 0 Å². The third-order valence-electron chi connectivity index (χ3n) is 4.01. The topological polar surface area (TPSA) is 83.7 Å². The Morgan fingerprint density at radius 2 is 1.74 bits per heavy atom. The van der Waals surface area contributed by atoms with Gasteiger partial charge < -0.3 is 10.6 Å². The molecule has 0 bridgehead atoms. The molecule has 1 aliphatic heterocycles. The molecule has 1 rings (SSSR count). The molecule has 19 heavy (non-hydrogen) atoms. The molecule has 0 saturated carbocycles. The Kier molecular flexibility index (Phi) is 4.97. The number of hydrogen-bond donors (Lipinski definition) is 1. The van der Waals surface area contributed by atoms with Crippen LogP contribution in [0.15, 0.2) is 0 Å². The standard InChI is InChI=1S/C12H25N3O3S/c1-10(9-13)14-5-7-15(8-6-14)11(16)12(2,3)19(4,17)18/h10H,5-9,13H2,1-4H3. The monoisotopic (exact) mass is 291 g/mol. The van der Waals surface area contributed by atoms with Crippen LogP contribution in [0.2, 0.25) is 0 Å². The number of hydrogen-bond acceptors (Lipinski definition) is 5. The number of amides is 1. The molecule has 0 radical (unpaired) electrons. The van der Waals surface area contributed by atoms with E-state index in [-0.39, 0.29) is 5.91 Å². The number of sulfone groups is 1. The minimum atomic E-state index is -3.41. The lowest BCUT2D eigenvalue weighted by Gasteiger charge is -2.40. The highest BCUT2D eigenvalue weighted by atomic mass is 32.2. The van der Waals surface area contributed by atoms with Gasteiger partial charge in [0, 0.05) is 45.0 Å². The van der Waals surface area contributed by atoms with Crippen molar-refractivity contribution in [2.75, 3.05) is 39.0 Å². The number of carbonyl (C=O) groups excluding carboxylic acids is 1. The normalized spacial score (nSPS) is 20.4. The molecule has 7 heteroatoms. The third kappa shape index (κ3) is 3.46. The van der Waals surface area contributed by atoms with Crippen molar-refractivity contribution in [3.63, 3.8) is 0 Å². The van der Waals surface area contributed by atoms with Crippen molar-refractivity contribution in [1.82, 2.24) is 9.80 Å². The molecular weight excluding hydrogens is 266 g/mol. The molecule has 0 aromatic rings. The van der Waals surface area contributed by atoms with Crippen LogP contribution in [0.25, 0.3) is 0 Å². The fraction of sp³-hybridized carbons (Fsp3) is 0.917. The van der Waals surface area contributed by atoms with Gasteiger partial charge in [0.15, 0.2) is 9.84 Å². The second-order valence-corrected chi connectivity index (χ2v) is 8.26. The largest absolute Gasteiger partial charge is 0.339 e. The van der Waals surface area contributed by atoms with E-state index in [2.05, 4.69) is 11.8 Å². The highest BCUT2D eigenvalue weighted by Gasteiger charge is 2.42. The average Bonchev–Trinajstić information content (AvgIpc) is 2.35. The van der Waals surface area contributed by atoms with Gasteiger partial charge in [0.2, 0.25) is 5.91 Å². The van der Waals surface area contributed by atoms with Gasteiger partial charge in [-0.15, -0.1) is 0 Å². The van der Waals surface area contributed by atoms with Gasteiger partial charge >= 0.3 is 0 Å². The second-order valence-electron chi connectivity index (χ2n) is 5.70. The number of rotatable bonds is 4. The van der Waals surface area contributed by atoms with Crippen LogP contribution in [0, 0.1) is 0 Å². The van der Waals surface area contributed by atoms with Crippen molar-refractivity contribution in [3.05, 3.63) is 0 Å². The lowest BCUT2D eigenvalue weighted by atomic mass is 10.1. The van der Waals surface area contributed by atoms with E-state index < -0.39 is 14.6 Å². The predicted molar refractivity (Wildman–Crippen MR) is 75.6 cm³/mol. The zero-order chi connectivity index (χ0) is 14.8. The van der Waals surface area contributed by atoms with Crippen LogP contribution in [0.1, 0.15) is 20.8 Å². The molecule has 1 fully saturated rings. The van der Waals surface area contributed by atoms with E-state index >= 15 is 0 Å². The number of carbonyl (C=O) groups is 1. The molecule has 112 valence electrons. The second kappa shape index (κ2) is 5.76. The Balaban J connectivity index is 2.69. The summed E-state index contributed by atoms with van der Waals surface area (Å²) >= 11 is 0. The molecule has 1 heterocycles. The summed E-state index contributed by atoms with van der Waals surface area (Å²) in [4.78, 5) is 16.2. The molecule has 0 aliphatic carbocycles. The molecule has 1 saturated heterocycles. The van der Waals surface area contributed by atoms with Crippen LogP contribution in [-0.2, 0) is 14.6 Å². The average molecular weight is 291 g/mol. The Bertz CT molecular complexity index is 426. The maximum atomic E-state index is 12.3. The first-order chi connectivity index (χ1) is 8.61. The fourth-order valence-electron chi connectivity index (χ4n) is 2.05. The van der Waals surface area contributed by atoms with Crippen molar-refractivity contribution >= 4 is 15.7 Å². The fourth-order valence-corrected chi connectivity index (χ4v) is 2.50. The lowest BCUT2D eigenvalue weighted by molar-refractivity contribution is -0.135. The summed E-state index contributed by atoms with van der Waals surface area (Å²) in [7, 11) is -3.41. The van der Waals surface area contributed by atoms with E-state index in [0.717, 1.165) is 19.3 Å². The predicted octanol–water partition coefficient (Wildman–Crippen LogP) is -0.699. The van der Waals surface area contributed by atoms with Gasteiger partial charge in [-0.25, -0.2) is 8.42 Å². The maximum Gasteiger partial charge on any atom is 0.243 e. The molecule has 2 N–H and O–H groups in total. The summed E-state index contributed by atoms with van der Waals surface area (Å²) in [6.45, 7) is 8.18. The number of nitrogens with zero attached hydrogens (tertiary/aromatic N) is 2. The van der Waals surface area contributed by atoms with Gasteiger partial charge in [-0.05, 0) is 20.8 Å². The van der Waals surface area contributed by atoms with Gasteiger partial charge in [0.05, 0.1) is 0 Å². The first kappa shape index (κ1) is 16.4. The van der Waals surface area contributed by atoms with Crippen LogP contribution in [-0.4, -0.2) is 73.9 Å². The Labute approximate surface area is 115 Å². The molecule has 6 nitrogen and oxygen atoms in total. The summed E-state index contributed by atoms with van der Waals surface area (Å²) in [5.41, 5.74) is 5.62. The first-order valence-corrected chi connectivity index (χ1v) is 8.43. The summed E-state index contributed by atoms with van der Waals surface area (Å²) < 4.78 is 22.0. The Morgan fingerprint density at radius 1 is 1.26 bits per heavy atom. The molecular formula is C12H25N3O3S. The Hall–Kier alpha value is -0.660. The lowest BCUT2D eigenvalue weighted by Crippen LogP contribution is -2.57. The van der Waals surface area contributed by atoms with Crippen molar-refractivity contribution < 1.29 is 13.2 Å². The van der Waals surface area contributed by atoms with Gasteiger partial charge in [0.25, 0.3) is 0 Å². The Morgan fingerprint density at radius 3 is 2.11 bits per heavy atom. The molecule has 1 amide bonds. The zero-order valence-electron chi connectivity index (χ0n) is 12.2. The smallest absolute Gasteiger partial charge is 0.243 e. The quantitative estimate of drug-likeness (QED) is 0.740. The van der Waals surface area contributed by atoms with Crippen LogP contribution in [0.4, 0.5) is 0 Å². The van der Waals surface area contributed by atoms with E-state index in [1.54, 1.807) is 4.90 Å². The summed E-state index contributed by atoms with van der Waals surface area (Å²) in [6, 6.07) is 0.292. The van der Waals surface area contributed by atoms with Gasteiger partial charge in [-0.3, -0.25) is 9.69 Å². The molecule has 0 spiro atoms. The van der Waals surface area contributed by atoms with Crippen molar-refractivity contribution in [2.24, 2.45) is 5.73 Å². The summed E-state index contributed by atoms with van der Waals surface area (Å²) in [6.07, 6.45) is 1.11. The van der Waals surface area contributed by atoms with E-state index in [1.807, 2.05) is 0 Å². The molecule has 1 aliphatic rings. The molecule has 1 atom stereocenters. The first-order valence-electron chi connectivity index (χ1n) is 6.54. The van der Waals surface area contributed by atoms with Crippen LogP contribution < -0.4 is 5.73 Å². The minimum absolute atomic E-state index is 0.292. The number of piperazine rings is 1.